The zero-order valence-electron chi connectivity index (χ0n) is 10.8. The lowest BCUT2D eigenvalue weighted by molar-refractivity contribution is 0.152. The summed E-state index contributed by atoms with van der Waals surface area (Å²) in [5, 5.41) is 12.7. The lowest BCUT2D eigenvalue weighted by atomic mass is 10.0. The normalized spacial score (nSPS) is 11.1. The molecule has 0 aliphatic rings. The fourth-order valence-corrected chi connectivity index (χ4v) is 1.82. The SMILES string of the molecule is N#CCCCCC(=NOCCN)c1ccc(Br)cc1. The van der Waals surface area contributed by atoms with Crippen molar-refractivity contribution in [2.24, 2.45) is 10.9 Å². The second-order valence-corrected chi connectivity index (χ2v) is 4.95. The number of benzene rings is 1. The van der Waals surface area contributed by atoms with Crippen molar-refractivity contribution in [1.29, 1.82) is 5.26 Å². The number of unbranched alkanes of at least 4 members (excludes halogenated alkanes) is 2. The molecule has 5 heteroatoms. The molecular formula is C14H18BrN3O. The van der Waals surface area contributed by atoms with Crippen molar-refractivity contribution >= 4 is 21.6 Å². The van der Waals surface area contributed by atoms with Crippen molar-refractivity contribution in [2.45, 2.75) is 25.7 Å². The van der Waals surface area contributed by atoms with Crippen LogP contribution in [0.1, 0.15) is 31.2 Å². The number of nitrogens with two attached hydrogens (primary N) is 1. The van der Waals surface area contributed by atoms with E-state index in [9.17, 15) is 0 Å². The number of hydrogen-bond acceptors (Lipinski definition) is 4. The van der Waals surface area contributed by atoms with E-state index in [2.05, 4.69) is 27.2 Å². The first-order chi connectivity index (χ1) is 9.27. The molecule has 0 radical (unpaired) electrons. The van der Waals surface area contributed by atoms with Gasteiger partial charge >= 0.3 is 0 Å². The van der Waals surface area contributed by atoms with Crippen molar-refractivity contribution in [3.05, 3.63) is 34.3 Å². The van der Waals surface area contributed by atoms with E-state index in [1.165, 1.54) is 0 Å². The molecule has 0 atom stereocenters. The minimum absolute atomic E-state index is 0.415. The van der Waals surface area contributed by atoms with Crippen molar-refractivity contribution in [3.8, 4) is 6.07 Å². The lowest BCUT2D eigenvalue weighted by Crippen LogP contribution is -2.08. The summed E-state index contributed by atoms with van der Waals surface area (Å²) in [4.78, 5) is 5.17. The highest BCUT2D eigenvalue weighted by Crippen LogP contribution is 2.14. The second-order valence-electron chi connectivity index (χ2n) is 4.03. The molecule has 1 rings (SSSR count). The zero-order valence-corrected chi connectivity index (χ0v) is 12.4. The Kier molecular flexibility index (Phi) is 7.87. The molecule has 0 unspecified atom stereocenters. The smallest absolute Gasteiger partial charge is 0.129 e. The molecular weight excluding hydrogens is 306 g/mol. The third-order valence-electron chi connectivity index (χ3n) is 2.51. The Bertz CT molecular complexity index is 437. The van der Waals surface area contributed by atoms with Crippen LogP contribution in [0.15, 0.2) is 33.9 Å². The zero-order chi connectivity index (χ0) is 13.9. The molecule has 2 N–H and O–H groups in total. The van der Waals surface area contributed by atoms with Gasteiger partial charge in [0, 0.05) is 17.4 Å². The highest BCUT2D eigenvalue weighted by molar-refractivity contribution is 9.10. The molecule has 1 aromatic carbocycles. The average Bonchev–Trinajstić information content (AvgIpc) is 2.43. The van der Waals surface area contributed by atoms with Gasteiger partial charge in [0.05, 0.1) is 11.8 Å². The van der Waals surface area contributed by atoms with Crippen LogP contribution < -0.4 is 5.73 Å². The van der Waals surface area contributed by atoms with Gasteiger partial charge < -0.3 is 10.6 Å². The van der Waals surface area contributed by atoms with Gasteiger partial charge in [-0.1, -0.05) is 33.2 Å². The predicted octanol–water partition coefficient (Wildman–Crippen LogP) is 3.21. The van der Waals surface area contributed by atoms with Crippen molar-refractivity contribution in [1.82, 2.24) is 0 Å². The van der Waals surface area contributed by atoms with Crippen molar-refractivity contribution in [3.63, 3.8) is 0 Å². The molecule has 19 heavy (non-hydrogen) atoms. The van der Waals surface area contributed by atoms with Gasteiger partial charge in [-0.15, -0.1) is 0 Å². The summed E-state index contributed by atoms with van der Waals surface area (Å²) < 4.78 is 1.03. The minimum Gasteiger partial charge on any atom is -0.394 e. The van der Waals surface area contributed by atoms with Gasteiger partial charge in [0.2, 0.25) is 0 Å². The van der Waals surface area contributed by atoms with Crippen LogP contribution >= 0.6 is 15.9 Å². The van der Waals surface area contributed by atoms with Crippen LogP contribution in [-0.4, -0.2) is 18.9 Å². The van der Waals surface area contributed by atoms with Crippen LogP contribution in [-0.2, 0) is 4.84 Å². The van der Waals surface area contributed by atoms with Crippen LogP contribution in [0.5, 0.6) is 0 Å². The van der Waals surface area contributed by atoms with Crippen molar-refractivity contribution < 1.29 is 4.84 Å². The fourth-order valence-electron chi connectivity index (χ4n) is 1.56. The van der Waals surface area contributed by atoms with Gasteiger partial charge in [-0.3, -0.25) is 0 Å². The Hall–Kier alpha value is -1.38. The van der Waals surface area contributed by atoms with E-state index in [0.29, 0.717) is 19.6 Å². The van der Waals surface area contributed by atoms with Gasteiger partial charge in [0.25, 0.3) is 0 Å². The molecule has 0 fully saturated rings. The molecule has 0 saturated carbocycles. The molecule has 0 spiro atoms. The van der Waals surface area contributed by atoms with E-state index in [4.69, 9.17) is 15.8 Å². The minimum atomic E-state index is 0.415. The summed E-state index contributed by atoms with van der Waals surface area (Å²) in [6.45, 7) is 0.865. The van der Waals surface area contributed by atoms with E-state index < -0.39 is 0 Å². The first-order valence-electron chi connectivity index (χ1n) is 6.29. The molecule has 0 aliphatic carbocycles. The molecule has 0 saturated heterocycles. The highest BCUT2D eigenvalue weighted by Gasteiger charge is 2.05. The summed E-state index contributed by atoms with van der Waals surface area (Å²) in [7, 11) is 0. The molecule has 0 heterocycles. The molecule has 102 valence electrons. The third kappa shape index (κ3) is 6.37. The fraction of sp³-hybridized carbons (Fsp3) is 0.429. The molecule has 0 aromatic heterocycles. The molecule has 0 aliphatic heterocycles. The summed E-state index contributed by atoms with van der Waals surface area (Å²) in [5.74, 6) is 0. The van der Waals surface area contributed by atoms with Gasteiger partial charge in [0.15, 0.2) is 0 Å². The van der Waals surface area contributed by atoms with Crippen LogP contribution in [0, 0.1) is 11.3 Å². The maximum Gasteiger partial charge on any atom is 0.129 e. The topological polar surface area (TPSA) is 71.4 Å². The standard InChI is InChI=1S/C14H18BrN3O/c15-13-7-5-12(6-8-13)14(18-19-11-10-17)4-2-1-3-9-16/h5-8H,1-4,10-11,17H2. The predicted molar refractivity (Wildman–Crippen MR) is 79.8 cm³/mol. The van der Waals surface area contributed by atoms with Gasteiger partial charge in [-0.05, 0) is 37.0 Å². The quantitative estimate of drug-likeness (QED) is 0.453. The van der Waals surface area contributed by atoms with E-state index in [1.807, 2.05) is 24.3 Å². The number of rotatable bonds is 8. The molecule has 0 bridgehead atoms. The monoisotopic (exact) mass is 323 g/mol. The number of halogens is 1. The third-order valence-corrected chi connectivity index (χ3v) is 3.04. The summed E-state index contributed by atoms with van der Waals surface area (Å²) >= 11 is 3.41. The van der Waals surface area contributed by atoms with Crippen LogP contribution in [0.25, 0.3) is 0 Å². The average molecular weight is 324 g/mol. The summed E-state index contributed by atoms with van der Waals surface area (Å²) in [6.07, 6.45) is 3.18. The number of nitrogens with zero attached hydrogens (tertiary/aromatic N) is 2. The number of oxime groups is 1. The Morgan fingerprint density at radius 3 is 2.68 bits per heavy atom. The van der Waals surface area contributed by atoms with Gasteiger partial charge in [-0.2, -0.15) is 5.26 Å². The van der Waals surface area contributed by atoms with E-state index in [1.54, 1.807) is 0 Å². The largest absolute Gasteiger partial charge is 0.394 e. The first-order valence-corrected chi connectivity index (χ1v) is 7.09. The van der Waals surface area contributed by atoms with E-state index in [0.717, 1.165) is 35.0 Å². The summed E-state index contributed by atoms with van der Waals surface area (Å²) in [5.41, 5.74) is 7.32. The first kappa shape index (κ1) is 15.7. The summed E-state index contributed by atoms with van der Waals surface area (Å²) in [6, 6.07) is 10.1. The Labute approximate surface area is 122 Å². The Balaban J connectivity index is 2.66. The lowest BCUT2D eigenvalue weighted by Gasteiger charge is -2.06. The molecule has 1 aromatic rings. The Morgan fingerprint density at radius 2 is 2.05 bits per heavy atom. The van der Waals surface area contributed by atoms with Gasteiger partial charge in [-0.25, -0.2) is 0 Å². The molecule has 0 amide bonds. The maximum absolute atomic E-state index is 8.53. The Morgan fingerprint density at radius 1 is 1.32 bits per heavy atom. The highest BCUT2D eigenvalue weighted by atomic mass is 79.9. The second kappa shape index (κ2) is 9.54. The maximum atomic E-state index is 8.53. The van der Waals surface area contributed by atoms with E-state index >= 15 is 0 Å². The van der Waals surface area contributed by atoms with Crippen LogP contribution in [0.2, 0.25) is 0 Å². The van der Waals surface area contributed by atoms with Crippen LogP contribution in [0.4, 0.5) is 0 Å². The molecule has 4 nitrogen and oxygen atoms in total. The van der Waals surface area contributed by atoms with Crippen molar-refractivity contribution in [2.75, 3.05) is 13.2 Å². The van der Waals surface area contributed by atoms with Crippen LogP contribution in [0.3, 0.4) is 0 Å². The van der Waals surface area contributed by atoms with E-state index in [-0.39, 0.29) is 0 Å². The number of hydrogen-bond donors (Lipinski definition) is 1. The van der Waals surface area contributed by atoms with Gasteiger partial charge in [0.1, 0.15) is 6.61 Å². The number of nitriles is 1.